The summed E-state index contributed by atoms with van der Waals surface area (Å²) < 4.78 is 3.73. The van der Waals surface area contributed by atoms with E-state index in [9.17, 15) is 4.79 Å². The number of thiocyanates is 1. The largest absolute Gasteiger partial charge is 0.333 e. The zero-order valence-corrected chi connectivity index (χ0v) is 11.8. The molecule has 6 nitrogen and oxygen atoms in total. The molecule has 3 aromatic rings. The van der Waals surface area contributed by atoms with Gasteiger partial charge in [-0.15, -0.1) is 0 Å². The van der Waals surface area contributed by atoms with E-state index in [0.717, 1.165) is 29.0 Å². The molecule has 7 heteroatoms. The zero-order valence-electron chi connectivity index (χ0n) is 11.0. The second-order valence-electron chi connectivity index (χ2n) is 4.33. The highest BCUT2D eigenvalue weighted by molar-refractivity contribution is 8.03. The molecule has 100 valence electrons. The zero-order chi connectivity index (χ0) is 14.3. The van der Waals surface area contributed by atoms with Crippen molar-refractivity contribution >= 4 is 40.1 Å². The number of fused-ring (bicyclic) bond motifs is 3. The molecule has 20 heavy (non-hydrogen) atoms. The lowest BCUT2D eigenvalue weighted by molar-refractivity contribution is 0.111. The van der Waals surface area contributed by atoms with E-state index in [1.807, 2.05) is 34.6 Å². The second kappa shape index (κ2) is 4.65. The molecule has 0 aliphatic heterocycles. The highest BCUT2D eigenvalue weighted by Gasteiger charge is 2.18. The van der Waals surface area contributed by atoms with Crippen molar-refractivity contribution in [3.63, 3.8) is 0 Å². The Hall–Kier alpha value is -2.33. The first-order chi connectivity index (χ1) is 9.71. The Morgan fingerprint density at radius 1 is 1.55 bits per heavy atom. The van der Waals surface area contributed by atoms with Crippen molar-refractivity contribution in [1.29, 1.82) is 5.26 Å². The van der Waals surface area contributed by atoms with Gasteiger partial charge in [0.15, 0.2) is 6.29 Å². The SMILES string of the molecule is CCn1c(C=O)cc2c3c(ncn3C)c(SC#N)nc21. The molecular formula is C13H11N5OS. The summed E-state index contributed by atoms with van der Waals surface area (Å²) in [5, 5.41) is 12.4. The van der Waals surface area contributed by atoms with Crippen LogP contribution in [0.3, 0.4) is 0 Å². The number of rotatable bonds is 3. The summed E-state index contributed by atoms with van der Waals surface area (Å²) in [6, 6.07) is 1.82. The minimum atomic E-state index is 0.570. The Morgan fingerprint density at radius 2 is 2.35 bits per heavy atom. The van der Waals surface area contributed by atoms with E-state index in [4.69, 9.17) is 5.26 Å². The van der Waals surface area contributed by atoms with E-state index in [1.165, 1.54) is 0 Å². The standard InChI is InChI=1S/C13H11N5OS/c1-3-18-8(5-19)4-9-11-10(15-7-17(11)2)13(20-6-14)16-12(9)18/h4-5,7H,3H2,1-2H3. The topological polar surface area (TPSA) is 76.5 Å². The summed E-state index contributed by atoms with van der Waals surface area (Å²) in [6.07, 6.45) is 2.52. The van der Waals surface area contributed by atoms with Crippen molar-refractivity contribution in [3.05, 3.63) is 18.1 Å². The lowest BCUT2D eigenvalue weighted by Crippen LogP contribution is -2.00. The number of nitrogens with zero attached hydrogens (tertiary/aromatic N) is 5. The van der Waals surface area contributed by atoms with Crippen LogP contribution in [0, 0.1) is 10.7 Å². The van der Waals surface area contributed by atoms with Gasteiger partial charge in [0.1, 0.15) is 21.6 Å². The number of pyridine rings is 1. The summed E-state index contributed by atoms with van der Waals surface area (Å²) >= 11 is 0.986. The lowest BCUT2D eigenvalue weighted by Gasteiger charge is -2.04. The molecule has 0 radical (unpaired) electrons. The van der Waals surface area contributed by atoms with Crippen LogP contribution in [0.2, 0.25) is 0 Å². The van der Waals surface area contributed by atoms with E-state index in [-0.39, 0.29) is 0 Å². The molecule has 0 N–H and O–H groups in total. The van der Waals surface area contributed by atoms with Crippen molar-refractivity contribution in [2.75, 3.05) is 0 Å². The third kappa shape index (κ3) is 1.62. The van der Waals surface area contributed by atoms with Crippen LogP contribution in [0.25, 0.3) is 22.1 Å². The van der Waals surface area contributed by atoms with Crippen molar-refractivity contribution in [2.45, 2.75) is 18.5 Å². The maximum atomic E-state index is 11.2. The molecule has 0 saturated carbocycles. The second-order valence-corrected chi connectivity index (χ2v) is 5.10. The van der Waals surface area contributed by atoms with Gasteiger partial charge in [-0.05, 0) is 13.0 Å². The van der Waals surface area contributed by atoms with Gasteiger partial charge in [-0.1, -0.05) is 0 Å². The Labute approximate surface area is 119 Å². The maximum absolute atomic E-state index is 11.2. The van der Waals surface area contributed by atoms with E-state index in [2.05, 4.69) is 9.97 Å². The first-order valence-electron chi connectivity index (χ1n) is 6.06. The molecule has 3 heterocycles. The normalized spacial score (nSPS) is 11.1. The average Bonchev–Trinajstić information content (AvgIpc) is 2.99. The fraction of sp³-hybridized carbons (Fsp3) is 0.231. The van der Waals surface area contributed by atoms with Crippen LogP contribution in [-0.4, -0.2) is 25.4 Å². The number of carbonyl (C=O) groups is 1. The van der Waals surface area contributed by atoms with Gasteiger partial charge in [0.25, 0.3) is 0 Å². The summed E-state index contributed by atoms with van der Waals surface area (Å²) in [4.78, 5) is 20.0. The number of hydrogen-bond acceptors (Lipinski definition) is 5. The van der Waals surface area contributed by atoms with Gasteiger partial charge < -0.3 is 9.13 Å². The van der Waals surface area contributed by atoms with E-state index >= 15 is 0 Å². The van der Waals surface area contributed by atoms with E-state index < -0.39 is 0 Å². The summed E-state index contributed by atoms with van der Waals surface area (Å²) in [5.41, 5.74) is 2.88. The fourth-order valence-electron chi connectivity index (χ4n) is 2.45. The molecule has 0 aliphatic rings. The quantitative estimate of drug-likeness (QED) is 0.419. The molecule has 0 spiro atoms. The van der Waals surface area contributed by atoms with E-state index in [1.54, 1.807) is 6.33 Å². The fourth-order valence-corrected chi connectivity index (χ4v) is 2.92. The molecule has 0 amide bonds. The van der Waals surface area contributed by atoms with Crippen LogP contribution in [0.1, 0.15) is 17.4 Å². The molecule has 0 aliphatic carbocycles. The Kier molecular flexibility index (Phi) is 2.95. The van der Waals surface area contributed by atoms with Gasteiger partial charge in [-0.3, -0.25) is 4.79 Å². The predicted octanol–water partition coefficient (Wildman–Crippen LogP) is 2.33. The van der Waals surface area contributed by atoms with Crippen molar-refractivity contribution in [3.8, 4) is 5.40 Å². The number of imidazole rings is 1. The van der Waals surface area contributed by atoms with Crippen LogP contribution in [0.15, 0.2) is 17.4 Å². The first kappa shape index (κ1) is 12.7. The molecule has 0 bridgehead atoms. The van der Waals surface area contributed by atoms with Crippen LogP contribution in [0.4, 0.5) is 0 Å². The van der Waals surface area contributed by atoms with Crippen molar-refractivity contribution < 1.29 is 4.79 Å². The number of hydrogen-bond donors (Lipinski definition) is 0. The molecule has 0 atom stereocenters. The monoisotopic (exact) mass is 285 g/mol. The molecular weight excluding hydrogens is 274 g/mol. The first-order valence-corrected chi connectivity index (χ1v) is 6.88. The van der Waals surface area contributed by atoms with Gasteiger partial charge in [0.2, 0.25) is 0 Å². The number of thioether (sulfide) groups is 1. The highest BCUT2D eigenvalue weighted by Crippen LogP contribution is 2.31. The van der Waals surface area contributed by atoms with Crippen molar-refractivity contribution in [1.82, 2.24) is 19.1 Å². The smallest absolute Gasteiger partial charge is 0.166 e. The number of nitriles is 1. The van der Waals surface area contributed by atoms with Crippen LogP contribution in [-0.2, 0) is 13.6 Å². The van der Waals surface area contributed by atoms with Gasteiger partial charge in [-0.2, -0.15) is 5.26 Å². The minimum absolute atomic E-state index is 0.570. The number of aldehydes is 1. The summed E-state index contributed by atoms with van der Waals surface area (Å²) in [7, 11) is 1.89. The van der Waals surface area contributed by atoms with Crippen LogP contribution >= 0.6 is 11.8 Å². The van der Waals surface area contributed by atoms with Gasteiger partial charge in [-0.25, -0.2) is 9.97 Å². The van der Waals surface area contributed by atoms with E-state index in [0.29, 0.717) is 28.4 Å². The molecule has 3 rings (SSSR count). The lowest BCUT2D eigenvalue weighted by atomic mass is 10.3. The Morgan fingerprint density at radius 3 is 3.00 bits per heavy atom. The Bertz CT molecular complexity index is 871. The average molecular weight is 285 g/mol. The minimum Gasteiger partial charge on any atom is -0.333 e. The Balaban J connectivity index is 2.53. The maximum Gasteiger partial charge on any atom is 0.166 e. The number of carbonyl (C=O) groups excluding carboxylic acids is 1. The van der Waals surface area contributed by atoms with Gasteiger partial charge >= 0.3 is 0 Å². The predicted molar refractivity (Wildman–Crippen MR) is 76.5 cm³/mol. The van der Waals surface area contributed by atoms with Gasteiger partial charge in [0.05, 0.1) is 17.5 Å². The molecule has 0 unspecified atom stereocenters. The molecule has 0 aromatic carbocycles. The molecule has 3 aromatic heterocycles. The summed E-state index contributed by atoms with van der Waals surface area (Å²) in [5.74, 6) is 0. The highest BCUT2D eigenvalue weighted by atomic mass is 32.2. The third-order valence-corrected chi connectivity index (χ3v) is 3.85. The number of aryl methyl sites for hydroxylation is 2. The van der Waals surface area contributed by atoms with Crippen LogP contribution in [0.5, 0.6) is 0 Å². The van der Waals surface area contributed by atoms with Crippen LogP contribution < -0.4 is 0 Å². The summed E-state index contributed by atoms with van der Waals surface area (Å²) in [6.45, 7) is 2.60. The molecule has 0 fully saturated rings. The third-order valence-electron chi connectivity index (χ3n) is 3.28. The number of aromatic nitrogens is 4. The van der Waals surface area contributed by atoms with Crippen molar-refractivity contribution in [2.24, 2.45) is 7.05 Å². The molecule has 0 saturated heterocycles. The van der Waals surface area contributed by atoms with Gasteiger partial charge in [0, 0.05) is 30.7 Å².